The lowest BCUT2D eigenvalue weighted by atomic mass is 9.79. The number of carbonyl (C=O) groups is 2. The molecule has 2 fully saturated rings. The zero-order valence-corrected chi connectivity index (χ0v) is 16.4. The molecule has 8 heteroatoms. The second kappa shape index (κ2) is 9.48. The van der Waals surface area contributed by atoms with Gasteiger partial charge in [-0.3, -0.25) is 9.59 Å². The fourth-order valence-electron chi connectivity index (χ4n) is 3.77. The van der Waals surface area contributed by atoms with Gasteiger partial charge < -0.3 is 20.3 Å². The van der Waals surface area contributed by atoms with E-state index in [1.165, 1.54) is 12.1 Å². The number of anilines is 1. The van der Waals surface area contributed by atoms with Crippen LogP contribution in [-0.4, -0.2) is 51.7 Å². The van der Waals surface area contributed by atoms with E-state index in [-0.39, 0.29) is 29.3 Å². The van der Waals surface area contributed by atoms with Gasteiger partial charge in [0.15, 0.2) is 0 Å². The molecule has 2 saturated heterocycles. The van der Waals surface area contributed by atoms with Gasteiger partial charge in [0.1, 0.15) is 5.82 Å². The highest BCUT2D eigenvalue weighted by Gasteiger charge is 2.33. The third kappa shape index (κ3) is 4.97. The van der Waals surface area contributed by atoms with E-state index in [0.717, 1.165) is 32.4 Å². The van der Waals surface area contributed by atoms with Crippen molar-refractivity contribution in [2.75, 3.05) is 44.8 Å². The van der Waals surface area contributed by atoms with Gasteiger partial charge in [0.25, 0.3) is 5.91 Å². The minimum Gasteiger partial charge on any atom is -0.384 e. The molecule has 0 aromatic heterocycles. The van der Waals surface area contributed by atoms with Crippen molar-refractivity contribution in [3.8, 4) is 0 Å². The van der Waals surface area contributed by atoms with E-state index in [1.807, 2.05) is 0 Å². The van der Waals surface area contributed by atoms with Crippen LogP contribution >= 0.6 is 12.4 Å². The number of ether oxygens (including phenoxy) is 1. The SMILES string of the molecule is COCC1(CNC(=O)c2cc(N3CCCC3=O)ccc2F)CCNCC1.Cl. The minimum absolute atomic E-state index is 0. The Balaban J connectivity index is 0.00000261. The van der Waals surface area contributed by atoms with Crippen LogP contribution in [0.15, 0.2) is 18.2 Å². The molecule has 6 nitrogen and oxygen atoms in total. The van der Waals surface area contributed by atoms with Crippen LogP contribution in [0.4, 0.5) is 10.1 Å². The maximum absolute atomic E-state index is 14.2. The van der Waals surface area contributed by atoms with Crippen LogP contribution in [0, 0.1) is 11.2 Å². The van der Waals surface area contributed by atoms with Crippen molar-refractivity contribution < 1.29 is 18.7 Å². The van der Waals surface area contributed by atoms with Crippen molar-refractivity contribution in [3.63, 3.8) is 0 Å². The number of piperidine rings is 1. The molecule has 1 aromatic carbocycles. The first-order chi connectivity index (χ1) is 12.5. The number of halogens is 2. The second-order valence-corrected chi connectivity index (χ2v) is 7.18. The molecular weight excluding hydrogens is 373 g/mol. The number of benzene rings is 1. The first-order valence-electron chi connectivity index (χ1n) is 9.12. The van der Waals surface area contributed by atoms with Gasteiger partial charge in [0, 0.05) is 37.7 Å². The molecular formula is C19H27ClFN3O3. The van der Waals surface area contributed by atoms with Crippen LogP contribution in [0.5, 0.6) is 0 Å². The van der Waals surface area contributed by atoms with E-state index < -0.39 is 11.7 Å². The summed E-state index contributed by atoms with van der Waals surface area (Å²) >= 11 is 0. The summed E-state index contributed by atoms with van der Waals surface area (Å²) in [5.41, 5.74) is 0.422. The number of carbonyl (C=O) groups excluding carboxylic acids is 2. The first kappa shape index (κ1) is 21.6. The van der Waals surface area contributed by atoms with Gasteiger partial charge in [-0.15, -0.1) is 12.4 Å². The molecule has 0 atom stereocenters. The van der Waals surface area contributed by atoms with E-state index in [9.17, 15) is 14.0 Å². The predicted octanol–water partition coefficient (Wildman–Crippen LogP) is 2.12. The topological polar surface area (TPSA) is 70.7 Å². The van der Waals surface area contributed by atoms with Crippen LogP contribution < -0.4 is 15.5 Å². The summed E-state index contributed by atoms with van der Waals surface area (Å²) in [4.78, 5) is 26.1. The van der Waals surface area contributed by atoms with Crippen molar-refractivity contribution in [1.29, 1.82) is 0 Å². The molecule has 0 bridgehead atoms. The number of nitrogens with zero attached hydrogens (tertiary/aromatic N) is 1. The Morgan fingerprint density at radius 1 is 1.37 bits per heavy atom. The normalized spacial score (nSPS) is 18.9. The van der Waals surface area contributed by atoms with E-state index in [0.29, 0.717) is 31.8 Å². The van der Waals surface area contributed by atoms with Gasteiger partial charge in [-0.2, -0.15) is 0 Å². The minimum atomic E-state index is -0.580. The highest BCUT2D eigenvalue weighted by Crippen LogP contribution is 2.29. The Morgan fingerprint density at radius 3 is 2.74 bits per heavy atom. The van der Waals surface area contributed by atoms with E-state index in [2.05, 4.69) is 10.6 Å². The summed E-state index contributed by atoms with van der Waals surface area (Å²) in [6, 6.07) is 4.28. The Morgan fingerprint density at radius 2 is 2.11 bits per heavy atom. The maximum atomic E-state index is 14.2. The molecule has 0 saturated carbocycles. The predicted molar refractivity (Wildman–Crippen MR) is 104 cm³/mol. The molecule has 2 aliphatic rings. The van der Waals surface area contributed by atoms with Gasteiger partial charge in [-0.05, 0) is 50.6 Å². The van der Waals surface area contributed by atoms with Crippen molar-refractivity contribution >= 4 is 29.9 Å². The first-order valence-corrected chi connectivity index (χ1v) is 9.12. The summed E-state index contributed by atoms with van der Waals surface area (Å²) in [6.07, 6.45) is 3.07. The quantitative estimate of drug-likeness (QED) is 0.768. The van der Waals surface area contributed by atoms with Crippen LogP contribution in [0.3, 0.4) is 0 Å². The van der Waals surface area contributed by atoms with Crippen molar-refractivity contribution in [1.82, 2.24) is 10.6 Å². The number of rotatable bonds is 6. The van der Waals surface area contributed by atoms with E-state index in [1.54, 1.807) is 18.1 Å². The van der Waals surface area contributed by atoms with Crippen LogP contribution in [0.2, 0.25) is 0 Å². The summed E-state index contributed by atoms with van der Waals surface area (Å²) in [5, 5.41) is 6.18. The number of nitrogens with one attached hydrogen (secondary N) is 2. The zero-order valence-electron chi connectivity index (χ0n) is 15.6. The van der Waals surface area contributed by atoms with Gasteiger partial charge in [0.05, 0.1) is 12.2 Å². The van der Waals surface area contributed by atoms with Crippen molar-refractivity contribution in [2.45, 2.75) is 25.7 Å². The number of hydrogen-bond acceptors (Lipinski definition) is 4. The lowest BCUT2D eigenvalue weighted by Crippen LogP contribution is -2.47. The monoisotopic (exact) mass is 399 g/mol. The average Bonchev–Trinajstić information content (AvgIpc) is 3.07. The molecule has 0 radical (unpaired) electrons. The molecule has 1 aromatic rings. The van der Waals surface area contributed by atoms with E-state index >= 15 is 0 Å². The van der Waals surface area contributed by atoms with Crippen molar-refractivity contribution in [2.24, 2.45) is 5.41 Å². The lowest BCUT2D eigenvalue weighted by Gasteiger charge is -2.37. The zero-order chi connectivity index (χ0) is 18.6. The van der Waals surface area contributed by atoms with Crippen LogP contribution in [0.25, 0.3) is 0 Å². The number of amides is 2. The molecule has 2 heterocycles. The highest BCUT2D eigenvalue weighted by molar-refractivity contribution is 5.99. The van der Waals surface area contributed by atoms with Crippen molar-refractivity contribution in [3.05, 3.63) is 29.6 Å². The smallest absolute Gasteiger partial charge is 0.254 e. The second-order valence-electron chi connectivity index (χ2n) is 7.18. The average molecular weight is 400 g/mol. The van der Waals surface area contributed by atoms with Crippen LogP contribution in [-0.2, 0) is 9.53 Å². The standard InChI is InChI=1S/C19H26FN3O3.ClH/c1-26-13-19(6-8-21-9-7-19)12-22-18(25)15-11-14(4-5-16(15)20)23-10-2-3-17(23)24;/h4-5,11,21H,2-3,6-10,12-13H2,1H3,(H,22,25);1H. The molecule has 0 aliphatic carbocycles. The Hall–Kier alpha value is -1.70. The summed E-state index contributed by atoms with van der Waals surface area (Å²) in [6.45, 7) is 3.35. The third-order valence-corrected chi connectivity index (χ3v) is 5.32. The molecule has 0 unspecified atom stereocenters. The number of hydrogen-bond donors (Lipinski definition) is 2. The Labute approximate surface area is 165 Å². The Bertz CT molecular complexity index is 675. The molecule has 2 N–H and O–H groups in total. The highest BCUT2D eigenvalue weighted by atomic mass is 35.5. The molecule has 3 rings (SSSR count). The van der Waals surface area contributed by atoms with Gasteiger partial charge in [0.2, 0.25) is 5.91 Å². The van der Waals surface area contributed by atoms with E-state index in [4.69, 9.17) is 4.74 Å². The molecule has 27 heavy (non-hydrogen) atoms. The van der Waals surface area contributed by atoms with Gasteiger partial charge >= 0.3 is 0 Å². The van der Waals surface area contributed by atoms with Gasteiger partial charge in [-0.1, -0.05) is 0 Å². The molecule has 2 aliphatic heterocycles. The summed E-state index contributed by atoms with van der Waals surface area (Å²) in [5.74, 6) is -1.02. The third-order valence-electron chi connectivity index (χ3n) is 5.32. The largest absolute Gasteiger partial charge is 0.384 e. The molecule has 150 valence electrons. The maximum Gasteiger partial charge on any atom is 0.254 e. The molecule has 2 amide bonds. The van der Waals surface area contributed by atoms with Crippen LogP contribution in [0.1, 0.15) is 36.0 Å². The number of methoxy groups -OCH3 is 1. The summed E-state index contributed by atoms with van der Waals surface area (Å²) < 4.78 is 19.6. The fraction of sp³-hybridized carbons (Fsp3) is 0.579. The Kier molecular flexibility index (Phi) is 7.59. The summed E-state index contributed by atoms with van der Waals surface area (Å²) in [7, 11) is 1.65. The van der Waals surface area contributed by atoms with Gasteiger partial charge in [-0.25, -0.2) is 4.39 Å². The molecule has 0 spiro atoms. The fourth-order valence-corrected chi connectivity index (χ4v) is 3.77. The lowest BCUT2D eigenvalue weighted by molar-refractivity contribution is -0.117.